The third-order valence-corrected chi connectivity index (χ3v) is 7.04. The summed E-state index contributed by atoms with van der Waals surface area (Å²) in [5.74, 6) is 0.238. The Balaban J connectivity index is 0.00000420. The third-order valence-electron chi connectivity index (χ3n) is 5.73. The number of likely N-dealkylation sites (N-methyl/N-ethyl adjacent to an activating group) is 1. The van der Waals surface area contributed by atoms with Crippen LogP contribution in [0.2, 0.25) is 0 Å². The maximum Gasteiger partial charge on any atom is 0.237 e. The summed E-state index contributed by atoms with van der Waals surface area (Å²) in [6.07, 6.45) is -1.41. The molecule has 4 N–H and O–H groups in total. The molecule has 0 saturated carbocycles. The van der Waals surface area contributed by atoms with E-state index in [1.165, 1.54) is 6.26 Å². The second-order valence-corrected chi connectivity index (χ2v) is 10.1. The lowest BCUT2D eigenvalue weighted by molar-refractivity contribution is -0.206. The van der Waals surface area contributed by atoms with E-state index >= 15 is 0 Å². The molecule has 10 atom stereocenters. The Morgan fingerprint density at radius 2 is 1.93 bits per heavy atom. The van der Waals surface area contributed by atoms with Gasteiger partial charge in [0.25, 0.3) is 0 Å². The van der Waals surface area contributed by atoms with Gasteiger partial charge in [0.2, 0.25) is 5.91 Å². The van der Waals surface area contributed by atoms with Gasteiger partial charge in [0.1, 0.15) is 24.4 Å². The first-order valence-electron chi connectivity index (χ1n) is 9.75. The summed E-state index contributed by atoms with van der Waals surface area (Å²) in [4.78, 5) is 14.9. The van der Waals surface area contributed by atoms with E-state index in [4.69, 9.17) is 16.3 Å². The molecule has 2 rings (SSSR count). The highest BCUT2D eigenvalue weighted by molar-refractivity contribution is 7.84. The van der Waals surface area contributed by atoms with Crippen LogP contribution in [0.15, 0.2) is 0 Å². The van der Waals surface area contributed by atoms with Crippen LogP contribution in [0.4, 0.5) is 0 Å². The van der Waals surface area contributed by atoms with Crippen LogP contribution in [0.5, 0.6) is 0 Å². The number of carbonyl (C=O) groups excluding carboxylic acids is 1. The van der Waals surface area contributed by atoms with Crippen molar-refractivity contribution in [3.8, 4) is 0 Å². The molecule has 29 heavy (non-hydrogen) atoms. The number of amides is 1. The van der Waals surface area contributed by atoms with Crippen molar-refractivity contribution in [2.24, 2.45) is 5.92 Å². The lowest BCUT2D eigenvalue weighted by Gasteiger charge is -2.43. The molecule has 172 valence electrons. The maximum absolute atomic E-state index is 12.9. The van der Waals surface area contributed by atoms with E-state index in [2.05, 4.69) is 12.2 Å². The Morgan fingerprint density at radius 3 is 2.45 bits per heavy atom. The number of aliphatic hydroxyl groups is 3. The van der Waals surface area contributed by atoms with Gasteiger partial charge < -0.3 is 25.4 Å². The second-order valence-electron chi connectivity index (χ2n) is 8.00. The van der Waals surface area contributed by atoms with Crippen molar-refractivity contribution in [1.82, 2.24) is 10.2 Å². The Morgan fingerprint density at radius 1 is 1.31 bits per heavy atom. The minimum absolute atomic E-state index is 0. The summed E-state index contributed by atoms with van der Waals surface area (Å²) in [5, 5.41) is 32.8. The Bertz CT molecular complexity index is 572. The highest BCUT2D eigenvalue weighted by Crippen LogP contribution is 2.29. The van der Waals surface area contributed by atoms with Crippen molar-refractivity contribution >= 4 is 40.7 Å². The predicted octanol–water partition coefficient (Wildman–Crippen LogP) is -0.173. The van der Waals surface area contributed by atoms with Gasteiger partial charge in [0.15, 0.2) is 5.44 Å². The van der Waals surface area contributed by atoms with Crippen molar-refractivity contribution in [2.45, 2.75) is 80.4 Å². The molecule has 0 aliphatic carbocycles. The highest BCUT2D eigenvalue weighted by Gasteiger charge is 2.49. The lowest BCUT2D eigenvalue weighted by atomic mass is 9.92. The van der Waals surface area contributed by atoms with E-state index in [0.29, 0.717) is 5.92 Å². The molecule has 1 amide bonds. The molecule has 0 aromatic heterocycles. The number of nitrogens with zero attached hydrogens (tertiary/aromatic N) is 1. The molecule has 11 heteroatoms. The summed E-state index contributed by atoms with van der Waals surface area (Å²) in [7, 11) is 0.301. The number of halogens is 2. The van der Waals surface area contributed by atoms with Crippen LogP contribution < -0.4 is 5.32 Å². The minimum Gasteiger partial charge on any atom is -0.388 e. The lowest BCUT2D eigenvalue weighted by Crippen LogP contribution is -2.66. The van der Waals surface area contributed by atoms with E-state index in [0.717, 1.165) is 25.8 Å². The van der Waals surface area contributed by atoms with Gasteiger partial charge in [-0.15, -0.1) is 24.0 Å². The van der Waals surface area contributed by atoms with Gasteiger partial charge in [-0.25, -0.2) is 0 Å². The average Bonchev–Trinajstić information content (AvgIpc) is 2.98. The quantitative estimate of drug-likeness (QED) is 0.376. The van der Waals surface area contributed by atoms with E-state index in [-0.39, 0.29) is 24.4 Å². The maximum atomic E-state index is 12.9. The molecule has 8 nitrogen and oxygen atoms in total. The summed E-state index contributed by atoms with van der Waals surface area (Å²) >= 11 is 6.28. The summed E-state index contributed by atoms with van der Waals surface area (Å²) in [6, 6.07) is -1.13. The first kappa shape index (κ1) is 27.0. The zero-order valence-corrected chi connectivity index (χ0v) is 19.6. The van der Waals surface area contributed by atoms with Gasteiger partial charge in [0, 0.05) is 12.8 Å². The molecule has 0 aromatic rings. The van der Waals surface area contributed by atoms with Crippen LogP contribution in [0.3, 0.4) is 0 Å². The number of rotatable bonds is 7. The van der Waals surface area contributed by atoms with Crippen molar-refractivity contribution in [2.75, 3.05) is 19.8 Å². The number of nitrogens with one attached hydrogen (secondary N) is 1. The van der Waals surface area contributed by atoms with E-state index in [1.54, 1.807) is 6.92 Å². The molecule has 2 saturated heterocycles. The van der Waals surface area contributed by atoms with Crippen molar-refractivity contribution in [3.05, 3.63) is 0 Å². The van der Waals surface area contributed by atoms with E-state index in [1.807, 2.05) is 11.9 Å². The summed E-state index contributed by atoms with van der Waals surface area (Å²) < 4.78 is 17.5. The molecule has 2 aliphatic rings. The molecule has 0 radical (unpaired) electrons. The van der Waals surface area contributed by atoms with Crippen LogP contribution in [-0.4, -0.2) is 97.5 Å². The molecule has 6 unspecified atom stereocenters. The fourth-order valence-corrected chi connectivity index (χ4v) is 5.24. The molecule has 2 aliphatic heterocycles. The molecular weight excluding hydrogens is 443 g/mol. The van der Waals surface area contributed by atoms with Crippen LogP contribution in [0.1, 0.15) is 33.1 Å². The Labute approximate surface area is 186 Å². The van der Waals surface area contributed by atoms with Crippen LogP contribution in [-0.2, 0) is 20.3 Å². The number of likely N-dealkylation sites (tertiary alicyclic amines) is 1. The SMILES string of the molecule is CCCC1C[C@H](C(=O)NC(C(C)Cl)C2O[C@H](S(C)=O)C(O)[C@H](O)[C@@H]2O)N(C)C1.Cl. The number of hydrogen-bond acceptors (Lipinski definition) is 7. The molecule has 0 bridgehead atoms. The molecule has 0 spiro atoms. The van der Waals surface area contributed by atoms with Crippen molar-refractivity contribution in [3.63, 3.8) is 0 Å². The fraction of sp³-hybridized carbons (Fsp3) is 0.944. The Hall–Kier alpha value is -0.0000000000000000555. The third kappa shape index (κ3) is 6.26. The van der Waals surface area contributed by atoms with Gasteiger partial charge >= 0.3 is 0 Å². The second kappa shape index (κ2) is 11.6. The number of carbonyl (C=O) groups is 1. The zero-order valence-electron chi connectivity index (χ0n) is 17.2. The topological polar surface area (TPSA) is 119 Å². The van der Waals surface area contributed by atoms with Crippen LogP contribution >= 0.6 is 24.0 Å². The summed E-state index contributed by atoms with van der Waals surface area (Å²) in [6.45, 7) is 4.61. The van der Waals surface area contributed by atoms with Gasteiger partial charge in [-0.05, 0) is 32.7 Å². The van der Waals surface area contributed by atoms with Gasteiger partial charge in [-0.3, -0.25) is 13.9 Å². The number of alkyl halides is 1. The smallest absolute Gasteiger partial charge is 0.237 e. The predicted molar refractivity (Wildman–Crippen MR) is 115 cm³/mol. The Kier molecular flexibility index (Phi) is 10.8. The first-order valence-corrected chi connectivity index (χ1v) is 11.8. The zero-order chi connectivity index (χ0) is 21.2. The van der Waals surface area contributed by atoms with Gasteiger partial charge in [-0.2, -0.15) is 0 Å². The van der Waals surface area contributed by atoms with Gasteiger partial charge in [-0.1, -0.05) is 13.3 Å². The average molecular weight is 477 g/mol. The molecule has 2 heterocycles. The number of hydrogen-bond donors (Lipinski definition) is 4. The van der Waals surface area contributed by atoms with Crippen molar-refractivity contribution in [1.29, 1.82) is 0 Å². The van der Waals surface area contributed by atoms with Crippen LogP contribution in [0.25, 0.3) is 0 Å². The van der Waals surface area contributed by atoms with E-state index < -0.39 is 52.1 Å². The molecular formula is C18H34Cl2N2O6S. The molecule has 2 fully saturated rings. The highest BCUT2D eigenvalue weighted by atomic mass is 35.5. The fourth-order valence-electron chi connectivity index (χ4n) is 4.19. The van der Waals surface area contributed by atoms with Crippen molar-refractivity contribution < 1.29 is 29.1 Å². The summed E-state index contributed by atoms with van der Waals surface area (Å²) in [5.41, 5.74) is -1.18. The normalized spacial score (nSPS) is 38.7. The monoisotopic (exact) mass is 476 g/mol. The number of aliphatic hydroxyl groups excluding tert-OH is 3. The first-order chi connectivity index (χ1) is 13.1. The standard InChI is InChI=1S/C18H33ClN2O6S.ClH/c1-5-6-10-7-11(21(3)8-10)17(25)20-12(9(2)19)16-14(23)13(22)15(24)18(27-16)28(4)26;/h9-16,18,22-24H,5-8H2,1-4H3,(H,20,25);1H/t9?,10?,11-,12?,13-,14+,15?,16?,18-,28?;/m1./s1. The number of ether oxygens (including phenoxy) is 1. The minimum atomic E-state index is -1.60. The molecule has 0 aromatic carbocycles. The van der Waals surface area contributed by atoms with Gasteiger partial charge in [0.05, 0.1) is 28.3 Å². The largest absolute Gasteiger partial charge is 0.388 e. The van der Waals surface area contributed by atoms with E-state index in [9.17, 15) is 24.3 Å². The van der Waals surface area contributed by atoms with Crippen LogP contribution in [0, 0.1) is 5.92 Å².